The van der Waals surface area contributed by atoms with Gasteiger partial charge in [-0.2, -0.15) is 0 Å². The second-order valence-corrected chi connectivity index (χ2v) is 8.57. The van der Waals surface area contributed by atoms with Crippen LogP contribution in [0.25, 0.3) is 0 Å². The predicted molar refractivity (Wildman–Crippen MR) is 111 cm³/mol. The van der Waals surface area contributed by atoms with E-state index in [2.05, 4.69) is 40.6 Å². The largest absolute Gasteiger partial charge is 0.469 e. The summed E-state index contributed by atoms with van der Waals surface area (Å²) in [5.74, 6) is 6.45. The Hall–Kier alpha value is -1.87. The Balaban J connectivity index is 1.82. The van der Waals surface area contributed by atoms with Crippen LogP contribution in [-0.2, 0) is 29.0 Å². The summed E-state index contributed by atoms with van der Waals surface area (Å²) >= 11 is 0. The number of phosphoric ester groups is 1. The van der Waals surface area contributed by atoms with Gasteiger partial charge in [-0.1, -0.05) is 36.3 Å². The molecule has 0 spiro atoms. The zero-order valence-corrected chi connectivity index (χ0v) is 17.4. The molecule has 152 valence electrons. The third kappa shape index (κ3) is 8.02. The molecule has 1 aromatic heterocycles. The first-order chi connectivity index (χ1) is 13.2. The molecule has 7 heteroatoms. The van der Waals surface area contributed by atoms with Crippen LogP contribution >= 0.6 is 7.82 Å². The fourth-order valence-electron chi connectivity index (χ4n) is 2.83. The van der Waals surface area contributed by atoms with Gasteiger partial charge in [0.1, 0.15) is 0 Å². The summed E-state index contributed by atoms with van der Waals surface area (Å²) in [5, 5.41) is 0. The van der Waals surface area contributed by atoms with Gasteiger partial charge < -0.3 is 20.1 Å². The molecule has 1 unspecified atom stereocenters. The summed E-state index contributed by atoms with van der Waals surface area (Å²) in [6.45, 7) is 1.52. The smallest absolute Gasteiger partial charge is 0.341 e. The molecule has 2 aromatic rings. The molecule has 0 aliphatic rings. The molecule has 0 saturated carbocycles. The maximum atomic E-state index is 10.8. The van der Waals surface area contributed by atoms with Gasteiger partial charge in [0.25, 0.3) is 0 Å². The van der Waals surface area contributed by atoms with Crippen LogP contribution < -0.4 is 5.73 Å². The Morgan fingerprint density at radius 2 is 1.89 bits per heavy atom. The van der Waals surface area contributed by atoms with Crippen molar-refractivity contribution in [1.29, 1.82) is 0 Å². The highest BCUT2D eigenvalue weighted by atomic mass is 31.2. The van der Waals surface area contributed by atoms with Gasteiger partial charge in [0, 0.05) is 24.7 Å². The van der Waals surface area contributed by atoms with Crippen LogP contribution in [0, 0.1) is 11.8 Å². The van der Waals surface area contributed by atoms with E-state index in [4.69, 9.17) is 15.5 Å². The molecule has 1 aromatic carbocycles. The van der Waals surface area contributed by atoms with Crippen LogP contribution in [0.5, 0.6) is 0 Å². The molecule has 0 amide bonds. The Morgan fingerprint density at radius 3 is 2.57 bits per heavy atom. The van der Waals surface area contributed by atoms with Crippen LogP contribution in [0.1, 0.15) is 43.1 Å². The van der Waals surface area contributed by atoms with Crippen molar-refractivity contribution in [1.82, 2.24) is 4.57 Å². The fourth-order valence-corrected chi connectivity index (χ4v) is 3.29. The van der Waals surface area contributed by atoms with Crippen molar-refractivity contribution in [3.63, 3.8) is 0 Å². The van der Waals surface area contributed by atoms with E-state index in [1.165, 1.54) is 5.56 Å². The Kier molecular flexibility index (Phi) is 8.06. The van der Waals surface area contributed by atoms with Gasteiger partial charge in [-0.15, -0.1) is 0 Å². The predicted octanol–water partition coefficient (Wildman–Crippen LogP) is 3.16. The normalized spacial score (nSPS) is 13.6. The summed E-state index contributed by atoms with van der Waals surface area (Å²) in [4.78, 5) is 17.6. The molecule has 0 aliphatic carbocycles. The maximum Gasteiger partial charge on any atom is 0.469 e. The van der Waals surface area contributed by atoms with Crippen molar-refractivity contribution in [2.24, 2.45) is 12.8 Å². The van der Waals surface area contributed by atoms with Gasteiger partial charge in [-0.3, -0.25) is 4.52 Å². The number of hydrogen-bond acceptors (Lipinski definition) is 3. The third-order valence-electron chi connectivity index (χ3n) is 4.57. The van der Waals surface area contributed by atoms with Gasteiger partial charge in [-0.25, -0.2) is 4.57 Å². The second kappa shape index (κ2) is 10.1. The van der Waals surface area contributed by atoms with Gasteiger partial charge in [0.2, 0.25) is 0 Å². The molecule has 0 fully saturated rings. The molecule has 0 saturated heterocycles. The first-order valence-electron chi connectivity index (χ1n) is 9.33. The topological polar surface area (TPSA) is 97.7 Å². The summed E-state index contributed by atoms with van der Waals surface area (Å²) in [5.41, 5.74) is 8.61. The summed E-state index contributed by atoms with van der Waals surface area (Å²) in [6, 6.07) is 14.4. The van der Waals surface area contributed by atoms with Crippen molar-refractivity contribution in [2.75, 3.05) is 6.61 Å². The molecule has 4 N–H and O–H groups in total. The van der Waals surface area contributed by atoms with Gasteiger partial charge >= 0.3 is 7.82 Å². The molecular formula is C21H29N2O4P. The second-order valence-electron chi connectivity index (χ2n) is 7.33. The molecule has 0 radical (unpaired) electrons. The van der Waals surface area contributed by atoms with Crippen molar-refractivity contribution in [3.8, 4) is 11.8 Å². The van der Waals surface area contributed by atoms with Crippen LogP contribution in [0.15, 0.2) is 42.5 Å². The lowest BCUT2D eigenvalue weighted by Crippen LogP contribution is -2.41. The Labute approximate surface area is 167 Å². The number of phosphoric acid groups is 1. The zero-order chi connectivity index (χ0) is 20.6. The van der Waals surface area contributed by atoms with E-state index in [0.29, 0.717) is 12.8 Å². The SMILES string of the molecule is Cn1c(C#CCCCc2ccccc2)ccc1CCC(C)(N)COP(=O)(O)O. The summed E-state index contributed by atoms with van der Waals surface area (Å²) < 4.78 is 17.4. The van der Waals surface area contributed by atoms with Crippen LogP contribution in [-0.4, -0.2) is 26.5 Å². The monoisotopic (exact) mass is 404 g/mol. The number of aromatic nitrogens is 1. The highest BCUT2D eigenvalue weighted by Crippen LogP contribution is 2.36. The van der Waals surface area contributed by atoms with E-state index in [0.717, 1.165) is 30.7 Å². The zero-order valence-electron chi connectivity index (χ0n) is 16.5. The average molecular weight is 404 g/mol. The number of rotatable bonds is 9. The molecule has 1 atom stereocenters. The lowest BCUT2D eigenvalue weighted by molar-refractivity contribution is 0.154. The van der Waals surface area contributed by atoms with E-state index < -0.39 is 13.4 Å². The highest BCUT2D eigenvalue weighted by molar-refractivity contribution is 7.46. The lowest BCUT2D eigenvalue weighted by atomic mass is 9.97. The third-order valence-corrected chi connectivity index (χ3v) is 5.03. The van der Waals surface area contributed by atoms with E-state index >= 15 is 0 Å². The van der Waals surface area contributed by atoms with Crippen molar-refractivity contribution < 1.29 is 18.9 Å². The first-order valence-corrected chi connectivity index (χ1v) is 10.9. The Morgan fingerprint density at radius 1 is 1.18 bits per heavy atom. The minimum atomic E-state index is -4.51. The van der Waals surface area contributed by atoms with Crippen LogP contribution in [0.2, 0.25) is 0 Å². The molecular weight excluding hydrogens is 375 g/mol. The van der Waals surface area contributed by atoms with E-state index in [1.54, 1.807) is 6.92 Å². The summed E-state index contributed by atoms with van der Waals surface area (Å²) in [6.07, 6.45) is 4.10. The number of unbranched alkanes of at least 4 members (excludes halogenated alkanes) is 1. The minimum Gasteiger partial charge on any atom is -0.341 e. The number of nitrogens with two attached hydrogens (primary N) is 1. The maximum absolute atomic E-state index is 10.8. The molecule has 0 bridgehead atoms. The summed E-state index contributed by atoms with van der Waals surface area (Å²) in [7, 11) is -2.54. The molecule has 1 heterocycles. The number of nitrogens with zero attached hydrogens (tertiary/aromatic N) is 1. The molecule has 2 rings (SSSR count). The van der Waals surface area contributed by atoms with Crippen molar-refractivity contribution >= 4 is 7.82 Å². The molecule has 6 nitrogen and oxygen atoms in total. The first kappa shape index (κ1) is 22.4. The quantitative estimate of drug-likeness (QED) is 0.339. The van der Waals surface area contributed by atoms with E-state index in [1.807, 2.05) is 29.8 Å². The van der Waals surface area contributed by atoms with Crippen molar-refractivity contribution in [2.45, 2.75) is 44.6 Å². The van der Waals surface area contributed by atoms with E-state index in [9.17, 15) is 4.57 Å². The standard InChI is InChI=1S/C21H29N2O4P/c1-21(22,17-27-28(24,25)26)16-15-20-14-13-19(23(20)2)12-8-4-7-11-18-9-5-3-6-10-18/h3,5-6,9-10,13-14H,4,7,11,15-17,22H2,1-2H3,(H2,24,25,26). The minimum absolute atomic E-state index is 0.199. The van der Waals surface area contributed by atoms with E-state index in [-0.39, 0.29) is 6.61 Å². The molecule has 0 aliphatic heterocycles. The fraction of sp³-hybridized carbons (Fsp3) is 0.429. The average Bonchev–Trinajstić information content (AvgIpc) is 2.99. The van der Waals surface area contributed by atoms with Crippen LogP contribution in [0.4, 0.5) is 0 Å². The molecule has 28 heavy (non-hydrogen) atoms. The van der Waals surface area contributed by atoms with Gasteiger partial charge in [-0.05, 0) is 56.2 Å². The number of benzene rings is 1. The number of hydrogen-bond donors (Lipinski definition) is 3. The highest BCUT2D eigenvalue weighted by Gasteiger charge is 2.24. The van der Waals surface area contributed by atoms with Crippen molar-refractivity contribution in [3.05, 3.63) is 59.4 Å². The van der Waals surface area contributed by atoms with Gasteiger partial charge in [0.15, 0.2) is 0 Å². The van der Waals surface area contributed by atoms with Gasteiger partial charge in [0.05, 0.1) is 12.3 Å². The number of aryl methyl sites for hydroxylation is 2. The van der Waals surface area contributed by atoms with Crippen LogP contribution in [0.3, 0.4) is 0 Å². The lowest BCUT2D eigenvalue weighted by Gasteiger charge is -2.24. The Bertz CT molecular complexity index is 860.